The lowest BCUT2D eigenvalue weighted by Gasteiger charge is -2.14. The molecule has 0 fully saturated rings. The molecule has 100 valence electrons. The molecule has 0 heterocycles. The van der Waals surface area contributed by atoms with Gasteiger partial charge in [-0.1, -0.05) is 25.6 Å². The Kier molecular flexibility index (Phi) is 6.47. The fraction of sp³-hybridized carbons (Fsp3) is 0.467. The summed E-state index contributed by atoms with van der Waals surface area (Å²) < 4.78 is 5.59. The number of benzene rings is 1. The summed E-state index contributed by atoms with van der Waals surface area (Å²) in [5.74, 6) is 0.856. The van der Waals surface area contributed by atoms with Crippen LogP contribution in [0, 0.1) is 0 Å². The second-order valence-corrected chi connectivity index (χ2v) is 4.56. The molecule has 1 aromatic rings. The third-order valence-electron chi connectivity index (χ3n) is 2.69. The zero-order chi connectivity index (χ0) is 13.4. The minimum atomic E-state index is 0.157. The summed E-state index contributed by atoms with van der Waals surface area (Å²) in [6.07, 6.45) is 0.919. The summed E-state index contributed by atoms with van der Waals surface area (Å²) in [6, 6.07) is 8.13. The number of rotatable bonds is 8. The van der Waals surface area contributed by atoms with Crippen LogP contribution in [0.2, 0.25) is 0 Å². The van der Waals surface area contributed by atoms with Crippen LogP contribution in [0.15, 0.2) is 36.4 Å². The standard InChI is InChI=1S/C15H23NO2/c1-4-14(10-17)16-9-13-6-5-7-15(8-13)18-11-12(2)3/h5-8,14,16-17H,2,4,9-11H2,1,3H3. The molecular formula is C15H23NO2. The quantitative estimate of drug-likeness (QED) is 0.696. The lowest BCUT2D eigenvalue weighted by molar-refractivity contribution is 0.238. The number of aliphatic hydroxyl groups is 1. The monoisotopic (exact) mass is 249 g/mol. The number of ether oxygens (including phenoxy) is 1. The number of hydrogen-bond donors (Lipinski definition) is 2. The Morgan fingerprint density at radius 2 is 2.28 bits per heavy atom. The molecule has 1 atom stereocenters. The maximum absolute atomic E-state index is 9.11. The van der Waals surface area contributed by atoms with E-state index >= 15 is 0 Å². The van der Waals surface area contributed by atoms with Crippen molar-refractivity contribution in [2.24, 2.45) is 0 Å². The molecular weight excluding hydrogens is 226 g/mol. The molecule has 1 rings (SSSR count). The smallest absolute Gasteiger partial charge is 0.120 e. The zero-order valence-corrected chi connectivity index (χ0v) is 11.3. The van der Waals surface area contributed by atoms with Gasteiger partial charge in [0.25, 0.3) is 0 Å². The topological polar surface area (TPSA) is 41.5 Å². The van der Waals surface area contributed by atoms with E-state index in [1.165, 1.54) is 0 Å². The fourth-order valence-corrected chi connectivity index (χ4v) is 1.55. The normalized spacial score (nSPS) is 12.2. The van der Waals surface area contributed by atoms with E-state index in [0.29, 0.717) is 6.61 Å². The molecule has 0 bridgehead atoms. The largest absolute Gasteiger partial charge is 0.489 e. The summed E-state index contributed by atoms with van der Waals surface area (Å²) in [7, 11) is 0. The number of aliphatic hydroxyl groups excluding tert-OH is 1. The minimum Gasteiger partial charge on any atom is -0.489 e. The van der Waals surface area contributed by atoms with Crippen molar-refractivity contribution in [2.45, 2.75) is 32.9 Å². The SMILES string of the molecule is C=C(C)COc1cccc(CNC(CC)CO)c1. The molecule has 18 heavy (non-hydrogen) atoms. The highest BCUT2D eigenvalue weighted by molar-refractivity contribution is 5.28. The van der Waals surface area contributed by atoms with E-state index in [-0.39, 0.29) is 12.6 Å². The molecule has 1 unspecified atom stereocenters. The lowest BCUT2D eigenvalue weighted by atomic mass is 10.2. The van der Waals surface area contributed by atoms with Crippen LogP contribution in [0.5, 0.6) is 5.75 Å². The molecule has 0 saturated heterocycles. The van der Waals surface area contributed by atoms with Crippen LogP contribution < -0.4 is 10.1 Å². The summed E-state index contributed by atoms with van der Waals surface area (Å²) in [6.45, 7) is 9.26. The Bertz CT molecular complexity index is 373. The second-order valence-electron chi connectivity index (χ2n) is 4.56. The van der Waals surface area contributed by atoms with Gasteiger partial charge in [0.2, 0.25) is 0 Å². The predicted molar refractivity (Wildman–Crippen MR) is 74.8 cm³/mol. The van der Waals surface area contributed by atoms with E-state index in [1.807, 2.05) is 31.2 Å². The van der Waals surface area contributed by atoms with Crippen LogP contribution in [-0.4, -0.2) is 24.4 Å². The van der Waals surface area contributed by atoms with Crippen LogP contribution in [0.25, 0.3) is 0 Å². The van der Waals surface area contributed by atoms with Crippen LogP contribution >= 0.6 is 0 Å². The van der Waals surface area contributed by atoms with Gasteiger partial charge in [0.05, 0.1) is 6.61 Å². The van der Waals surface area contributed by atoms with Gasteiger partial charge in [0, 0.05) is 12.6 Å². The van der Waals surface area contributed by atoms with Crippen LogP contribution in [0.4, 0.5) is 0 Å². The molecule has 0 aromatic heterocycles. The molecule has 0 aliphatic rings. The summed E-state index contributed by atoms with van der Waals surface area (Å²) >= 11 is 0. The van der Waals surface area contributed by atoms with Crippen molar-refractivity contribution in [3.63, 3.8) is 0 Å². The van der Waals surface area contributed by atoms with E-state index in [0.717, 1.165) is 29.9 Å². The first-order valence-electron chi connectivity index (χ1n) is 6.36. The van der Waals surface area contributed by atoms with Gasteiger partial charge in [-0.25, -0.2) is 0 Å². The molecule has 0 radical (unpaired) electrons. The maximum Gasteiger partial charge on any atom is 0.120 e. The first-order valence-corrected chi connectivity index (χ1v) is 6.36. The molecule has 0 saturated carbocycles. The predicted octanol–water partition coefficient (Wildman–Crippen LogP) is 2.50. The van der Waals surface area contributed by atoms with Crippen molar-refractivity contribution >= 4 is 0 Å². The molecule has 0 aliphatic carbocycles. The van der Waals surface area contributed by atoms with Gasteiger partial charge >= 0.3 is 0 Å². The number of hydrogen-bond acceptors (Lipinski definition) is 3. The highest BCUT2D eigenvalue weighted by Crippen LogP contribution is 2.14. The van der Waals surface area contributed by atoms with Crippen LogP contribution in [-0.2, 0) is 6.54 Å². The van der Waals surface area contributed by atoms with Crippen molar-refractivity contribution in [2.75, 3.05) is 13.2 Å². The van der Waals surface area contributed by atoms with Crippen molar-refractivity contribution in [1.82, 2.24) is 5.32 Å². The van der Waals surface area contributed by atoms with E-state index in [1.54, 1.807) is 0 Å². The van der Waals surface area contributed by atoms with Crippen molar-refractivity contribution in [3.8, 4) is 5.75 Å². The first kappa shape index (κ1) is 14.7. The minimum absolute atomic E-state index is 0.157. The highest BCUT2D eigenvalue weighted by Gasteiger charge is 2.04. The van der Waals surface area contributed by atoms with E-state index in [9.17, 15) is 0 Å². The van der Waals surface area contributed by atoms with Crippen molar-refractivity contribution < 1.29 is 9.84 Å². The zero-order valence-electron chi connectivity index (χ0n) is 11.3. The molecule has 3 heteroatoms. The first-order chi connectivity index (χ1) is 8.65. The van der Waals surface area contributed by atoms with Crippen LogP contribution in [0.3, 0.4) is 0 Å². The van der Waals surface area contributed by atoms with Crippen molar-refractivity contribution in [1.29, 1.82) is 0 Å². The molecule has 2 N–H and O–H groups in total. The van der Waals surface area contributed by atoms with E-state index in [2.05, 4.69) is 18.8 Å². The molecule has 0 aliphatic heterocycles. The third-order valence-corrected chi connectivity index (χ3v) is 2.69. The number of nitrogens with one attached hydrogen (secondary N) is 1. The fourth-order valence-electron chi connectivity index (χ4n) is 1.55. The lowest BCUT2D eigenvalue weighted by Crippen LogP contribution is -2.31. The maximum atomic E-state index is 9.11. The molecule has 1 aromatic carbocycles. The average molecular weight is 249 g/mol. The van der Waals surface area contributed by atoms with Gasteiger partial charge in [-0.15, -0.1) is 0 Å². The highest BCUT2D eigenvalue weighted by atomic mass is 16.5. The average Bonchev–Trinajstić information content (AvgIpc) is 2.38. The van der Waals surface area contributed by atoms with Crippen LogP contribution in [0.1, 0.15) is 25.8 Å². The Morgan fingerprint density at radius 1 is 1.50 bits per heavy atom. The van der Waals surface area contributed by atoms with Gasteiger partial charge in [-0.2, -0.15) is 0 Å². The van der Waals surface area contributed by atoms with Gasteiger partial charge in [-0.3, -0.25) is 0 Å². The Morgan fingerprint density at radius 3 is 2.89 bits per heavy atom. The molecule has 0 amide bonds. The van der Waals surface area contributed by atoms with Crippen molar-refractivity contribution in [3.05, 3.63) is 42.0 Å². The third kappa shape index (κ3) is 5.34. The molecule has 3 nitrogen and oxygen atoms in total. The Hall–Kier alpha value is -1.32. The Balaban J connectivity index is 2.51. The van der Waals surface area contributed by atoms with E-state index < -0.39 is 0 Å². The second kappa shape index (κ2) is 7.90. The van der Waals surface area contributed by atoms with Gasteiger partial charge in [0.1, 0.15) is 12.4 Å². The Labute approximate surface area is 109 Å². The summed E-state index contributed by atoms with van der Waals surface area (Å²) in [5.41, 5.74) is 2.16. The van der Waals surface area contributed by atoms with Gasteiger partial charge in [-0.05, 0) is 36.6 Å². The molecule has 0 spiro atoms. The van der Waals surface area contributed by atoms with E-state index in [4.69, 9.17) is 9.84 Å². The summed E-state index contributed by atoms with van der Waals surface area (Å²) in [4.78, 5) is 0. The summed E-state index contributed by atoms with van der Waals surface area (Å²) in [5, 5.41) is 12.4. The van der Waals surface area contributed by atoms with Gasteiger partial charge in [0.15, 0.2) is 0 Å². The van der Waals surface area contributed by atoms with Gasteiger partial charge < -0.3 is 15.2 Å².